The van der Waals surface area contributed by atoms with E-state index in [-0.39, 0.29) is 5.91 Å². The highest BCUT2D eigenvalue weighted by Gasteiger charge is 2.14. The van der Waals surface area contributed by atoms with Crippen LogP contribution in [0.2, 0.25) is 5.02 Å². The molecular formula is C17H16BrClN2O2. The Kier molecular flexibility index (Phi) is 6.19. The summed E-state index contributed by atoms with van der Waals surface area (Å²) in [6.45, 7) is 3.54. The zero-order valence-electron chi connectivity index (χ0n) is 12.7. The fourth-order valence-electron chi connectivity index (χ4n) is 1.76. The summed E-state index contributed by atoms with van der Waals surface area (Å²) >= 11 is 9.32. The zero-order chi connectivity index (χ0) is 16.8. The first-order valence-corrected chi connectivity index (χ1v) is 8.14. The topological polar surface area (TPSA) is 50.7 Å². The second-order valence-corrected chi connectivity index (χ2v) is 6.28. The molecule has 1 amide bonds. The average Bonchev–Trinajstić information content (AvgIpc) is 2.52. The Morgan fingerprint density at radius 1 is 1.30 bits per heavy atom. The van der Waals surface area contributed by atoms with Gasteiger partial charge in [-0.05, 0) is 55.3 Å². The van der Waals surface area contributed by atoms with Crippen molar-refractivity contribution in [2.75, 3.05) is 0 Å². The molecule has 0 aliphatic heterocycles. The molecule has 4 nitrogen and oxygen atoms in total. The molecule has 0 heterocycles. The second kappa shape index (κ2) is 8.13. The highest BCUT2D eigenvalue weighted by molar-refractivity contribution is 9.10. The molecule has 2 aromatic rings. The van der Waals surface area contributed by atoms with Gasteiger partial charge in [-0.2, -0.15) is 5.10 Å². The molecule has 2 rings (SSSR count). The van der Waals surface area contributed by atoms with Gasteiger partial charge in [-0.3, -0.25) is 4.79 Å². The van der Waals surface area contributed by atoms with E-state index in [0.29, 0.717) is 10.8 Å². The van der Waals surface area contributed by atoms with Crippen molar-refractivity contribution in [3.8, 4) is 5.75 Å². The molecule has 1 atom stereocenters. The number of halogens is 2. The molecule has 23 heavy (non-hydrogen) atoms. The molecule has 120 valence electrons. The number of nitrogens with one attached hydrogen (secondary N) is 1. The van der Waals surface area contributed by atoms with E-state index in [2.05, 4.69) is 26.5 Å². The monoisotopic (exact) mass is 394 g/mol. The number of aryl methyl sites for hydroxylation is 1. The van der Waals surface area contributed by atoms with Crippen LogP contribution in [0.25, 0.3) is 0 Å². The van der Waals surface area contributed by atoms with Gasteiger partial charge in [0.25, 0.3) is 5.91 Å². The molecule has 0 radical (unpaired) electrons. The quantitative estimate of drug-likeness (QED) is 0.605. The van der Waals surface area contributed by atoms with Gasteiger partial charge in [0.15, 0.2) is 6.10 Å². The van der Waals surface area contributed by atoms with Gasteiger partial charge in [0.1, 0.15) is 5.75 Å². The predicted molar refractivity (Wildman–Crippen MR) is 96.2 cm³/mol. The van der Waals surface area contributed by atoms with E-state index in [1.165, 1.54) is 0 Å². The number of hydrazone groups is 1. The van der Waals surface area contributed by atoms with Gasteiger partial charge in [-0.15, -0.1) is 0 Å². The van der Waals surface area contributed by atoms with Crippen molar-refractivity contribution in [1.82, 2.24) is 5.43 Å². The number of rotatable bonds is 5. The maximum Gasteiger partial charge on any atom is 0.280 e. The summed E-state index contributed by atoms with van der Waals surface area (Å²) in [4.78, 5) is 12.0. The predicted octanol–water partition coefficient (Wildman–Crippen LogP) is 4.33. The Balaban J connectivity index is 1.89. The molecular weight excluding hydrogens is 380 g/mol. The van der Waals surface area contributed by atoms with Crippen LogP contribution in [-0.4, -0.2) is 18.2 Å². The van der Waals surface area contributed by atoms with Crippen LogP contribution in [0.3, 0.4) is 0 Å². The SMILES string of the molecule is Cc1cc(OC(C)C(=O)NN=Cc2ccc(Br)cc2)ccc1Cl. The zero-order valence-corrected chi connectivity index (χ0v) is 15.1. The van der Waals surface area contributed by atoms with Crippen LogP contribution < -0.4 is 10.2 Å². The molecule has 0 fully saturated rings. The standard InChI is InChI=1S/C17H16BrClN2O2/c1-11-9-15(7-8-16(11)19)23-12(2)17(22)21-20-10-13-3-5-14(18)6-4-13/h3-10,12H,1-2H3,(H,21,22). The van der Waals surface area contributed by atoms with Crippen LogP contribution in [0.15, 0.2) is 52.0 Å². The summed E-state index contributed by atoms with van der Waals surface area (Å²) in [6.07, 6.45) is 0.904. The third-order valence-electron chi connectivity index (χ3n) is 3.07. The number of nitrogens with zero attached hydrogens (tertiary/aromatic N) is 1. The van der Waals surface area contributed by atoms with Crippen LogP contribution in [0.5, 0.6) is 5.75 Å². The molecule has 1 N–H and O–H groups in total. The number of carbonyl (C=O) groups excluding carboxylic acids is 1. The van der Waals surface area contributed by atoms with Crippen LogP contribution >= 0.6 is 27.5 Å². The molecule has 0 saturated carbocycles. The van der Waals surface area contributed by atoms with E-state index < -0.39 is 6.10 Å². The fraction of sp³-hybridized carbons (Fsp3) is 0.176. The second-order valence-electron chi connectivity index (χ2n) is 4.96. The van der Waals surface area contributed by atoms with E-state index in [0.717, 1.165) is 15.6 Å². The Bertz CT molecular complexity index is 717. The molecule has 2 aromatic carbocycles. The Morgan fingerprint density at radius 2 is 2.00 bits per heavy atom. The first-order valence-electron chi connectivity index (χ1n) is 6.97. The van der Waals surface area contributed by atoms with Crippen LogP contribution in [0.1, 0.15) is 18.1 Å². The Labute approximate surface area is 148 Å². The highest BCUT2D eigenvalue weighted by atomic mass is 79.9. The third kappa shape index (κ3) is 5.37. The largest absolute Gasteiger partial charge is 0.481 e. The summed E-state index contributed by atoms with van der Waals surface area (Å²) in [6, 6.07) is 12.8. The van der Waals surface area contributed by atoms with E-state index >= 15 is 0 Å². The molecule has 0 aliphatic rings. The summed E-state index contributed by atoms with van der Waals surface area (Å²) in [7, 11) is 0. The van der Waals surface area contributed by atoms with E-state index in [9.17, 15) is 4.79 Å². The normalized spacial score (nSPS) is 12.2. The minimum Gasteiger partial charge on any atom is -0.481 e. The first kappa shape index (κ1) is 17.5. The van der Waals surface area contributed by atoms with Gasteiger partial charge in [0.2, 0.25) is 0 Å². The van der Waals surface area contributed by atoms with Gasteiger partial charge >= 0.3 is 0 Å². The van der Waals surface area contributed by atoms with Crippen molar-refractivity contribution in [2.24, 2.45) is 5.10 Å². The summed E-state index contributed by atoms with van der Waals surface area (Å²) in [5, 5.41) is 4.59. The molecule has 0 aliphatic carbocycles. The lowest BCUT2D eigenvalue weighted by molar-refractivity contribution is -0.127. The number of amides is 1. The van der Waals surface area contributed by atoms with Crippen molar-refractivity contribution in [2.45, 2.75) is 20.0 Å². The number of benzene rings is 2. The number of ether oxygens (including phenoxy) is 1. The smallest absolute Gasteiger partial charge is 0.280 e. The third-order valence-corrected chi connectivity index (χ3v) is 4.02. The van der Waals surface area contributed by atoms with Gasteiger partial charge in [-0.25, -0.2) is 5.43 Å². The molecule has 6 heteroatoms. The molecule has 0 spiro atoms. The van der Waals surface area contributed by atoms with Gasteiger partial charge in [0.05, 0.1) is 6.21 Å². The van der Waals surface area contributed by atoms with Crippen LogP contribution in [0.4, 0.5) is 0 Å². The Morgan fingerprint density at radius 3 is 2.65 bits per heavy atom. The number of carbonyl (C=O) groups is 1. The van der Waals surface area contributed by atoms with E-state index in [1.807, 2.05) is 31.2 Å². The maximum atomic E-state index is 12.0. The first-order chi connectivity index (χ1) is 11.0. The summed E-state index contributed by atoms with van der Waals surface area (Å²) in [5.41, 5.74) is 4.24. The fourth-order valence-corrected chi connectivity index (χ4v) is 2.14. The van der Waals surface area contributed by atoms with Crippen molar-refractivity contribution in [3.05, 3.63) is 63.1 Å². The summed E-state index contributed by atoms with van der Waals surface area (Å²) in [5.74, 6) is 0.261. The van der Waals surface area contributed by atoms with E-state index in [4.69, 9.17) is 16.3 Å². The van der Waals surface area contributed by atoms with Crippen LogP contribution in [-0.2, 0) is 4.79 Å². The molecule has 1 unspecified atom stereocenters. The van der Waals surface area contributed by atoms with E-state index in [1.54, 1.807) is 31.3 Å². The molecule has 0 aromatic heterocycles. The van der Waals surface area contributed by atoms with Gasteiger partial charge < -0.3 is 4.74 Å². The lowest BCUT2D eigenvalue weighted by Gasteiger charge is -2.13. The van der Waals surface area contributed by atoms with Gasteiger partial charge in [0, 0.05) is 9.50 Å². The maximum absolute atomic E-state index is 12.0. The average molecular weight is 396 g/mol. The van der Waals surface area contributed by atoms with Crippen molar-refractivity contribution >= 4 is 39.7 Å². The Hall–Kier alpha value is -1.85. The number of hydrogen-bond donors (Lipinski definition) is 1. The highest BCUT2D eigenvalue weighted by Crippen LogP contribution is 2.21. The van der Waals surface area contributed by atoms with Crippen LogP contribution in [0, 0.1) is 6.92 Å². The lowest BCUT2D eigenvalue weighted by Crippen LogP contribution is -2.33. The molecule has 0 saturated heterocycles. The van der Waals surface area contributed by atoms with Crippen molar-refractivity contribution in [3.63, 3.8) is 0 Å². The lowest BCUT2D eigenvalue weighted by atomic mass is 10.2. The number of hydrogen-bond acceptors (Lipinski definition) is 3. The minimum absolute atomic E-state index is 0.328. The van der Waals surface area contributed by atoms with Gasteiger partial charge in [-0.1, -0.05) is 39.7 Å². The minimum atomic E-state index is -0.669. The molecule has 0 bridgehead atoms. The van der Waals surface area contributed by atoms with Crippen molar-refractivity contribution in [1.29, 1.82) is 0 Å². The van der Waals surface area contributed by atoms with Crippen molar-refractivity contribution < 1.29 is 9.53 Å². The summed E-state index contributed by atoms with van der Waals surface area (Å²) < 4.78 is 6.56.